The summed E-state index contributed by atoms with van der Waals surface area (Å²) in [4.78, 5) is 81.4. The summed E-state index contributed by atoms with van der Waals surface area (Å²) in [5.74, 6) is -4.21. The molecule has 11 heteroatoms. The third-order valence-corrected chi connectivity index (χ3v) is 8.83. The van der Waals surface area contributed by atoms with Crippen LogP contribution in [0.2, 0.25) is 0 Å². The molecule has 0 aromatic heterocycles. The Morgan fingerprint density at radius 2 is 1.18 bits per heavy atom. The number of fused-ring (bicyclic) bond motifs is 1. The van der Waals surface area contributed by atoms with Crippen LogP contribution in [-0.2, 0) is 57.6 Å². The highest BCUT2D eigenvalue weighted by Crippen LogP contribution is 2.23. The second-order valence-electron chi connectivity index (χ2n) is 16.1. The number of benzene rings is 4. The number of carbonyl (C=O) groups is 6. The van der Waals surface area contributed by atoms with Gasteiger partial charge in [0.2, 0.25) is 5.91 Å². The number of alkyl carbamates (subject to hydrolysis) is 1. The summed E-state index contributed by atoms with van der Waals surface area (Å²) < 4.78 is 16.5. The highest BCUT2D eigenvalue weighted by atomic mass is 16.6. The minimum atomic E-state index is -1.29. The molecule has 4 aromatic carbocycles. The summed E-state index contributed by atoms with van der Waals surface area (Å²) in [7, 11) is 0. The van der Waals surface area contributed by atoms with Gasteiger partial charge in [-0.05, 0) is 75.4 Å². The van der Waals surface area contributed by atoms with Gasteiger partial charge in [-0.3, -0.25) is 24.0 Å². The molecule has 57 heavy (non-hydrogen) atoms. The molecule has 0 aliphatic heterocycles. The predicted octanol–water partition coefficient (Wildman–Crippen LogP) is 7.40. The number of amides is 2. The first-order chi connectivity index (χ1) is 27.0. The van der Waals surface area contributed by atoms with E-state index in [0.717, 1.165) is 21.9 Å². The maximum absolute atomic E-state index is 14.4. The molecule has 0 saturated carbocycles. The Balaban J connectivity index is 1.62. The van der Waals surface area contributed by atoms with E-state index in [4.69, 9.17) is 14.2 Å². The van der Waals surface area contributed by atoms with Crippen molar-refractivity contribution in [3.63, 3.8) is 0 Å². The number of ketones is 2. The van der Waals surface area contributed by atoms with Crippen LogP contribution >= 0.6 is 0 Å². The standard InChI is InChI=1S/C46H54N2O9/c1-45(2,3)56-41(51)25-24-37(39(49)26-31-16-9-7-10-17-31)47-43(53)35(29-42(52)57-46(4,5)6)28-40(50)38(48-44(54)55-30-32-18-11-8-12-19-32)27-34-22-15-21-33-20-13-14-23-36(33)34/h7-23,35,37-38H,24-30H2,1-6H3,(H,47,53)(H,48,54)/t35-,37-,38-/m0/s1. The molecular weight excluding hydrogens is 725 g/mol. The lowest BCUT2D eigenvalue weighted by Gasteiger charge is -2.26. The average Bonchev–Trinajstić information content (AvgIpc) is 3.14. The highest BCUT2D eigenvalue weighted by Gasteiger charge is 2.34. The molecule has 11 nitrogen and oxygen atoms in total. The van der Waals surface area contributed by atoms with Crippen molar-refractivity contribution < 1.29 is 43.0 Å². The van der Waals surface area contributed by atoms with Crippen molar-refractivity contribution in [2.75, 3.05) is 0 Å². The lowest BCUT2D eigenvalue weighted by molar-refractivity contribution is -0.157. The summed E-state index contributed by atoms with van der Waals surface area (Å²) in [6, 6.07) is 29.0. The first-order valence-corrected chi connectivity index (χ1v) is 19.2. The Morgan fingerprint density at radius 3 is 1.82 bits per heavy atom. The molecule has 0 unspecified atom stereocenters. The molecule has 2 N–H and O–H groups in total. The molecule has 4 aromatic rings. The van der Waals surface area contributed by atoms with E-state index in [1.807, 2.05) is 66.7 Å². The van der Waals surface area contributed by atoms with Crippen LogP contribution in [0.3, 0.4) is 0 Å². The lowest BCUT2D eigenvalue weighted by atomic mass is 9.90. The largest absolute Gasteiger partial charge is 0.460 e. The fraction of sp³-hybridized carbons (Fsp3) is 0.391. The molecule has 0 fully saturated rings. The van der Waals surface area contributed by atoms with Gasteiger partial charge in [-0.15, -0.1) is 0 Å². The molecule has 0 bridgehead atoms. The number of Topliss-reactive ketones (excluding diaryl/α,β-unsaturated/α-hetero) is 2. The summed E-state index contributed by atoms with van der Waals surface area (Å²) >= 11 is 0. The smallest absolute Gasteiger partial charge is 0.408 e. The third kappa shape index (κ3) is 15.3. The summed E-state index contributed by atoms with van der Waals surface area (Å²) in [6.45, 7) is 10.2. The third-order valence-electron chi connectivity index (χ3n) is 8.83. The fourth-order valence-corrected chi connectivity index (χ4v) is 6.25. The number of rotatable bonds is 18. The Hall–Kier alpha value is -5.84. The van der Waals surface area contributed by atoms with E-state index < -0.39 is 71.8 Å². The van der Waals surface area contributed by atoms with E-state index in [-0.39, 0.29) is 38.1 Å². The van der Waals surface area contributed by atoms with Crippen LogP contribution in [0.1, 0.15) is 83.9 Å². The molecule has 0 aliphatic rings. The highest BCUT2D eigenvalue weighted by molar-refractivity contribution is 5.96. The molecule has 0 radical (unpaired) electrons. The first kappa shape index (κ1) is 43.9. The second kappa shape index (κ2) is 20.4. The molecule has 3 atom stereocenters. The molecule has 4 rings (SSSR count). The maximum Gasteiger partial charge on any atom is 0.408 e. The number of hydrogen-bond donors (Lipinski definition) is 2. The molecule has 302 valence electrons. The van der Waals surface area contributed by atoms with Gasteiger partial charge in [0.15, 0.2) is 11.6 Å². The van der Waals surface area contributed by atoms with E-state index >= 15 is 0 Å². The van der Waals surface area contributed by atoms with Crippen LogP contribution < -0.4 is 10.6 Å². The van der Waals surface area contributed by atoms with Gasteiger partial charge in [-0.25, -0.2) is 4.79 Å². The normalized spacial score (nSPS) is 13.1. The van der Waals surface area contributed by atoms with E-state index in [9.17, 15) is 28.8 Å². The summed E-state index contributed by atoms with van der Waals surface area (Å²) in [5.41, 5.74) is 0.595. The van der Waals surface area contributed by atoms with Crippen molar-refractivity contribution >= 4 is 46.3 Å². The number of esters is 2. The minimum Gasteiger partial charge on any atom is -0.460 e. The number of nitrogens with one attached hydrogen (secondary N) is 2. The van der Waals surface area contributed by atoms with Crippen LogP contribution in [0.5, 0.6) is 0 Å². The van der Waals surface area contributed by atoms with Crippen molar-refractivity contribution in [1.29, 1.82) is 0 Å². The number of hydrogen-bond acceptors (Lipinski definition) is 9. The van der Waals surface area contributed by atoms with E-state index in [0.29, 0.717) is 5.56 Å². The Bertz CT molecular complexity index is 1990. The Morgan fingerprint density at radius 1 is 0.596 bits per heavy atom. The van der Waals surface area contributed by atoms with Gasteiger partial charge in [-0.1, -0.05) is 103 Å². The van der Waals surface area contributed by atoms with Crippen molar-refractivity contribution in [3.8, 4) is 0 Å². The SMILES string of the molecule is CC(C)(C)OC(=O)CC[C@H](NC(=O)[C@H](CC(=O)OC(C)(C)C)CC(=O)[C@H](Cc1cccc2ccccc12)NC(=O)OCc1ccccc1)C(=O)Cc1ccccc1. The van der Waals surface area contributed by atoms with Crippen molar-refractivity contribution in [2.45, 2.75) is 110 Å². The Kier molecular flexibility index (Phi) is 15.7. The van der Waals surface area contributed by atoms with Gasteiger partial charge >= 0.3 is 18.0 Å². The zero-order valence-corrected chi connectivity index (χ0v) is 33.7. The summed E-state index contributed by atoms with van der Waals surface area (Å²) in [5, 5.41) is 7.28. The van der Waals surface area contributed by atoms with Gasteiger partial charge in [0, 0.05) is 25.7 Å². The summed E-state index contributed by atoms with van der Waals surface area (Å²) in [6.07, 6.45) is -2.00. The zero-order valence-electron chi connectivity index (χ0n) is 33.7. The van der Waals surface area contributed by atoms with Crippen molar-refractivity contribution in [1.82, 2.24) is 10.6 Å². The van der Waals surface area contributed by atoms with Gasteiger partial charge in [-0.2, -0.15) is 0 Å². The van der Waals surface area contributed by atoms with Crippen LogP contribution in [0, 0.1) is 5.92 Å². The zero-order chi connectivity index (χ0) is 41.6. The van der Waals surface area contributed by atoms with Crippen molar-refractivity contribution in [3.05, 3.63) is 120 Å². The van der Waals surface area contributed by atoms with Crippen LogP contribution in [-0.4, -0.2) is 58.8 Å². The van der Waals surface area contributed by atoms with Gasteiger partial charge in [0.25, 0.3) is 0 Å². The van der Waals surface area contributed by atoms with Gasteiger partial charge in [0.05, 0.1) is 24.4 Å². The first-order valence-electron chi connectivity index (χ1n) is 19.2. The van der Waals surface area contributed by atoms with Crippen molar-refractivity contribution in [2.24, 2.45) is 5.92 Å². The predicted molar refractivity (Wildman–Crippen MR) is 217 cm³/mol. The molecule has 0 heterocycles. The molecule has 0 saturated heterocycles. The lowest BCUT2D eigenvalue weighted by Crippen LogP contribution is -2.48. The molecule has 0 aliphatic carbocycles. The molecule has 0 spiro atoms. The molecular formula is C46H54N2O9. The Labute approximate surface area is 334 Å². The number of ether oxygens (including phenoxy) is 3. The van der Waals surface area contributed by atoms with Crippen LogP contribution in [0.15, 0.2) is 103 Å². The maximum atomic E-state index is 14.4. The van der Waals surface area contributed by atoms with Gasteiger partial charge in [0.1, 0.15) is 17.8 Å². The van der Waals surface area contributed by atoms with Crippen LogP contribution in [0.25, 0.3) is 10.8 Å². The van der Waals surface area contributed by atoms with Crippen LogP contribution in [0.4, 0.5) is 4.79 Å². The number of carbonyl (C=O) groups excluding carboxylic acids is 6. The quantitative estimate of drug-likeness (QED) is 0.0777. The molecule has 2 amide bonds. The average molecular weight is 779 g/mol. The second-order valence-corrected chi connectivity index (χ2v) is 16.1. The van der Waals surface area contributed by atoms with Gasteiger partial charge < -0.3 is 24.8 Å². The van der Waals surface area contributed by atoms with E-state index in [2.05, 4.69) is 10.6 Å². The topological polar surface area (TPSA) is 154 Å². The monoisotopic (exact) mass is 778 g/mol. The van der Waals surface area contributed by atoms with E-state index in [1.165, 1.54) is 0 Å². The van der Waals surface area contributed by atoms with E-state index in [1.54, 1.807) is 77.9 Å². The minimum absolute atomic E-state index is 0.0299. The fourth-order valence-electron chi connectivity index (χ4n) is 6.25.